The van der Waals surface area contributed by atoms with Crippen molar-refractivity contribution in [2.24, 2.45) is 0 Å². The van der Waals surface area contributed by atoms with Gasteiger partial charge in [-0.05, 0) is 83.9 Å². The highest BCUT2D eigenvalue weighted by atomic mass is 15.0. The standard InChI is InChI=1S/C59H38N4/c1-4-17-39(18-5-1)51-37-45(38-52(60-51)40-19-6-2-7-20-40)62-53-28-13-11-26-47(53)50-36-42(31-33-56(50)62)41-21-16-24-44(35-41)61-55-30-15-12-27-49(55)58-57(61)34-32-48-46-25-10-14-29-54(46)63(59(48)58)43-22-8-3-9-23-43/h1-38H. The van der Waals surface area contributed by atoms with Gasteiger partial charge in [0.25, 0.3) is 0 Å². The first-order chi connectivity index (χ1) is 31.3. The Morgan fingerprint density at radius 2 is 0.730 bits per heavy atom. The van der Waals surface area contributed by atoms with Gasteiger partial charge in [0.1, 0.15) is 0 Å². The number of hydrogen-bond donors (Lipinski definition) is 0. The van der Waals surface area contributed by atoms with E-state index in [-0.39, 0.29) is 0 Å². The van der Waals surface area contributed by atoms with E-state index in [1.165, 1.54) is 65.5 Å². The van der Waals surface area contributed by atoms with Crippen LogP contribution in [0.2, 0.25) is 0 Å². The van der Waals surface area contributed by atoms with Crippen molar-refractivity contribution in [3.8, 4) is 50.7 Å². The predicted molar refractivity (Wildman–Crippen MR) is 264 cm³/mol. The largest absolute Gasteiger partial charge is 0.309 e. The van der Waals surface area contributed by atoms with Crippen molar-refractivity contribution < 1.29 is 0 Å². The zero-order chi connectivity index (χ0) is 41.4. The molecule has 63 heavy (non-hydrogen) atoms. The smallest absolute Gasteiger partial charge is 0.0730 e. The molecule has 0 radical (unpaired) electrons. The topological polar surface area (TPSA) is 27.7 Å². The van der Waals surface area contributed by atoms with Crippen LogP contribution in [0.3, 0.4) is 0 Å². The maximum absolute atomic E-state index is 5.19. The third kappa shape index (κ3) is 5.52. The number of fused-ring (bicyclic) bond motifs is 10. The molecule has 0 bridgehead atoms. The van der Waals surface area contributed by atoms with E-state index >= 15 is 0 Å². The minimum Gasteiger partial charge on any atom is -0.309 e. The van der Waals surface area contributed by atoms with Crippen LogP contribution in [0.5, 0.6) is 0 Å². The number of hydrogen-bond acceptors (Lipinski definition) is 1. The fraction of sp³-hybridized carbons (Fsp3) is 0. The van der Waals surface area contributed by atoms with Crippen LogP contribution in [0.25, 0.3) is 116 Å². The Kier molecular flexibility index (Phi) is 7.87. The molecule has 0 spiro atoms. The Hall–Kier alpha value is -8.47. The van der Waals surface area contributed by atoms with E-state index in [9.17, 15) is 0 Å². The molecule has 0 aliphatic heterocycles. The number of aromatic nitrogens is 4. The maximum Gasteiger partial charge on any atom is 0.0730 e. The van der Waals surface area contributed by atoms with Crippen LogP contribution in [0.1, 0.15) is 0 Å². The molecule has 294 valence electrons. The van der Waals surface area contributed by atoms with Crippen LogP contribution >= 0.6 is 0 Å². The van der Waals surface area contributed by atoms with Gasteiger partial charge >= 0.3 is 0 Å². The van der Waals surface area contributed by atoms with Gasteiger partial charge in [-0.2, -0.15) is 0 Å². The average molecular weight is 803 g/mol. The second-order valence-corrected chi connectivity index (χ2v) is 16.4. The molecule has 0 aliphatic rings. The molecule has 0 unspecified atom stereocenters. The average Bonchev–Trinajstić information content (AvgIpc) is 4.00. The van der Waals surface area contributed by atoms with Crippen LogP contribution < -0.4 is 0 Å². The van der Waals surface area contributed by atoms with Gasteiger partial charge < -0.3 is 13.7 Å². The van der Waals surface area contributed by atoms with Gasteiger partial charge in [-0.3, -0.25) is 0 Å². The van der Waals surface area contributed by atoms with Gasteiger partial charge in [0.15, 0.2) is 0 Å². The molecule has 4 aromatic heterocycles. The first-order valence-electron chi connectivity index (χ1n) is 21.5. The number of pyridine rings is 1. The summed E-state index contributed by atoms with van der Waals surface area (Å²) in [5.41, 5.74) is 16.9. The van der Waals surface area contributed by atoms with E-state index in [0.717, 1.165) is 50.6 Å². The highest BCUT2D eigenvalue weighted by Crippen LogP contribution is 2.43. The van der Waals surface area contributed by atoms with Crippen molar-refractivity contribution in [2.45, 2.75) is 0 Å². The molecule has 0 aliphatic carbocycles. The fourth-order valence-corrected chi connectivity index (χ4v) is 10.0. The lowest BCUT2D eigenvalue weighted by Crippen LogP contribution is -1.98. The van der Waals surface area contributed by atoms with Gasteiger partial charge in [0, 0.05) is 54.8 Å². The summed E-state index contributed by atoms with van der Waals surface area (Å²) in [7, 11) is 0. The summed E-state index contributed by atoms with van der Waals surface area (Å²) < 4.78 is 7.30. The molecule has 0 saturated carbocycles. The molecule has 0 atom stereocenters. The second kappa shape index (κ2) is 14.1. The minimum absolute atomic E-state index is 0.943. The zero-order valence-corrected chi connectivity index (χ0v) is 34.2. The first-order valence-corrected chi connectivity index (χ1v) is 21.5. The Balaban J connectivity index is 0.996. The Morgan fingerprint density at radius 3 is 1.41 bits per heavy atom. The lowest BCUT2D eigenvalue weighted by atomic mass is 10.0. The molecule has 4 nitrogen and oxygen atoms in total. The van der Waals surface area contributed by atoms with Gasteiger partial charge in [-0.25, -0.2) is 4.98 Å². The summed E-state index contributed by atoms with van der Waals surface area (Å²) in [5.74, 6) is 0. The van der Waals surface area contributed by atoms with Crippen LogP contribution in [-0.2, 0) is 0 Å². The molecule has 4 heteroatoms. The molecular formula is C59H38N4. The summed E-state index contributed by atoms with van der Waals surface area (Å²) >= 11 is 0. The molecule has 0 N–H and O–H groups in total. The van der Waals surface area contributed by atoms with Crippen molar-refractivity contribution in [3.63, 3.8) is 0 Å². The van der Waals surface area contributed by atoms with E-state index < -0.39 is 0 Å². The molecular weight excluding hydrogens is 765 g/mol. The highest BCUT2D eigenvalue weighted by molar-refractivity contribution is 6.26. The maximum atomic E-state index is 5.19. The van der Waals surface area contributed by atoms with Gasteiger partial charge in [0.05, 0.1) is 50.2 Å². The SMILES string of the molecule is c1ccc(-c2cc(-n3c4ccccc4c4cc(-c5cccc(-n6c7ccccc7c7c6ccc6c8ccccc8n(-c8ccccc8)c67)c5)ccc43)cc(-c3ccccc3)n2)cc1. The molecule has 9 aromatic carbocycles. The molecule has 13 rings (SSSR count). The summed E-state index contributed by atoms with van der Waals surface area (Å²) in [5, 5.41) is 7.42. The normalized spacial score (nSPS) is 11.8. The summed E-state index contributed by atoms with van der Waals surface area (Å²) in [6.07, 6.45) is 0. The number of nitrogens with zero attached hydrogens (tertiary/aromatic N) is 4. The zero-order valence-electron chi connectivity index (χ0n) is 34.2. The minimum atomic E-state index is 0.943. The Bertz CT molecular complexity index is 3830. The predicted octanol–water partition coefficient (Wildman–Crippen LogP) is 15.4. The monoisotopic (exact) mass is 802 g/mol. The molecule has 0 fully saturated rings. The second-order valence-electron chi connectivity index (χ2n) is 16.4. The van der Waals surface area contributed by atoms with E-state index in [4.69, 9.17) is 4.98 Å². The third-order valence-corrected chi connectivity index (χ3v) is 12.8. The lowest BCUT2D eigenvalue weighted by Gasteiger charge is -2.13. The van der Waals surface area contributed by atoms with E-state index in [1.807, 2.05) is 0 Å². The Labute approximate surface area is 363 Å². The van der Waals surface area contributed by atoms with Crippen molar-refractivity contribution in [2.75, 3.05) is 0 Å². The van der Waals surface area contributed by atoms with Crippen molar-refractivity contribution >= 4 is 65.4 Å². The Morgan fingerprint density at radius 1 is 0.254 bits per heavy atom. The van der Waals surface area contributed by atoms with E-state index in [1.54, 1.807) is 0 Å². The van der Waals surface area contributed by atoms with Crippen molar-refractivity contribution in [1.82, 2.24) is 18.7 Å². The summed E-state index contributed by atoms with van der Waals surface area (Å²) in [4.78, 5) is 5.19. The number of rotatable bonds is 6. The molecule has 13 aromatic rings. The van der Waals surface area contributed by atoms with Crippen molar-refractivity contribution in [3.05, 3.63) is 231 Å². The fourth-order valence-electron chi connectivity index (χ4n) is 10.0. The van der Waals surface area contributed by atoms with E-state index in [2.05, 4.69) is 244 Å². The number of para-hydroxylation sites is 4. The van der Waals surface area contributed by atoms with Gasteiger partial charge in [-0.1, -0.05) is 158 Å². The summed E-state index contributed by atoms with van der Waals surface area (Å²) in [6, 6.07) is 83.2. The van der Waals surface area contributed by atoms with E-state index in [0.29, 0.717) is 0 Å². The van der Waals surface area contributed by atoms with Crippen LogP contribution in [0.4, 0.5) is 0 Å². The highest BCUT2D eigenvalue weighted by Gasteiger charge is 2.21. The molecule has 0 saturated heterocycles. The molecule has 0 amide bonds. The first kappa shape index (κ1) is 35.3. The summed E-state index contributed by atoms with van der Waals surface area (Å²) in [6.45, 7) is 0. The third-order valence-electron chi connectivity index (χ3n) is 12.8. The quantitative estimate of drug-likeness (QED) is 0.165. The van der Waals surface area contributed by atoms with Crippen LogP contribution in [0, 0.1) is 0 Å². The number of benzene rings is 9. The van der Waals surface area contributed by atoms with Crippen molar-refractivity contribution in [1.29, 1.82) is 0 Å². The van der Waals surface area contributed by atoms with Crippen LogP contribution in [-0.4, -0.2) is 18.7 Å². The molecule has 4 heterocycles. The van der Waals surface area contributed by atoms with Gasteiger partial charge in [0.2, 0.25) is 0 Å². The lowest BCUT2D eigenvalue weighted by molar-refractivity contribution is 1.16. The van der Waals surface area contributed by atoms with Gasteiger partial charge in [-0.15, -0.1) is 0 Å². The van der Waals surface area contributed by atoms with Crippen LogP contribution in [0.15, 0.2) is 231 Å².